The van der Waals surface area contributed by atoms with Crippen molar-refractivity contribution >= 4 is 11.8 Å². The van der Waals surface area contributed by atoms with E-state index in [1.54, 1.807) is 0 Å². The summed E-state index contributed by atoms with van der Waals surface area (Å²) in [6.45, 7) is 9.76. The number of fused-ring (bicyclic) bond motifs is 1. The molecule has 1 atom stereocenters. The molecule has 2 amide bonds. The summed E-state index contributed by atoms with van der Waals surface area (Å²) in [5.41, 5.74) is 3.62. The Labute approximate surface area is 219 Å². The Kier molecular flexibility index (Phi) is 8.64. The highest BCUT2D eigenvalue weighted by Crippen LogP contribution is 2.37. The first-order chi connectivity index (χ1) is 17.8. The topological polar surface area (TPSA) is 84.7 Å². The maximum absolute atomic E-state index is 13.2. The summed E-state index contributed by atoms with van der Waals surface area (Å²) >= 11 is 0. The molecule has 1 aliphatic rings. The third-order valence-corrected chi connectivity index (χ3v) is 6.52. The molecule has 1 aliphatic heterocycles. The van der Waals surface area contributed by atoms with Gasteiger partial charge in [0.15, 0.2) is 12.3 Å². The number of nitrogens with one attached hydrogen (secondary N) is 1. The van der Waals surface area contributed by atoms with Crippen molar-refractivity contribution in [1.29, 1.82) is 0 Å². The molecule has 0 radical (unpaired) electrons. The maximum atomic E-state index is 13.2. The largest absolute Gasteiger partial charge is 0.484 e. The van der Waals surface area contributed by atoms with Gasteiger partial charge in [-0.15, -0.1) is 0 Å². The van der Waals surface area contributed by atoms with Crippen molar-refractivity contribution in [2.75, 3.05) is 13.1 Å². The van der Waals surface area contributed by atoms with Gasteiger partial charge in [-0.3, -0.25) is 9.59 Å². The number of ether oxygens (including phenoxy) is 1. The van der Waals surface area contributed by atoms with Crippen LogP contribution in [0.15, 0.2) is 59.2 Å². The molecule has 0 bridgehead atoms. The molecule has 2 aromatic carbocycles. The van der Waals surface area contributed by atoms with E-state index in [0.717, 1.165) is 24.0 Å². The molecular formula is C30H37N3O4. The Morgan fingerprint density at radius 3 is 2.62 bits per heavy atom. The molecule has 0 fully saturated rings. The van der Waals surface area contributed by atoms with Gasteiger partial charge in [-0.1, -0.05) is 64.1 Å². The van der Waals surface area contributed by atoms with E-state index in [1.165, 1.54) is 11.8 Å². The summed E-state index contributed by atoms with van der Waals surface area (Å²) < 4.78 is 11.5. The van der Waals surface area contributed by atoms with Crippen LogP contribution in [-0.2, 0) is 17.8 Å². The number of carbonyl (C=O) groups excluding carboxylic acids is 2. The molecule has 1 aromatic heterocycles. The molecule has 0 saturated carbocycles. The lowest BCUT2D eigenvalue weighted by molar-refractivity contribution is -0.134. The monoisotopic (exact) mass is 503 g/mol. The third-order valence-electron chi connectivity index (χ3n) is 6.52. The first-order valence-corrected chi connectivity index (χ1v) is 13.1. The van der Waals surface area contributed by atoms with E-state index in [0.29, 0.717) is 43.0 Å². The van der Waals surface area contributed by atoms with E-state index in [9.17, 15) is 9.59 Å². The van der Waals surface area contributed by atoms with Gasteiger partial charge in [0.2, 0.25) is 11.8 Å². The van der Waals surface area contributed by atoms with Crippen LogP contribution < -0.4 is 10.1 Å². The number of benzene rings is 2. The second-order valence-electron chi connectivity index (χ2n) is 10.5. The predicted molar refractivity (Wildman–Crippen MR) is 142 cm³/mol. The second-order valence-corrected chi connectivity index (χ2v) is 10.5. The molecule has 1 N–H and O–H groups in total. The number of nitrogens with zero attached hydrogens (tertiary/aromatic N) is 2. The summed E-state index contributed by atoms with van der Waals surface area (Å²) in [6, 6.07) is 16.0. The Morgan fingerprint density at radius 2 is 1.89 bits per heavy atom. The van der Waals surface area contributed by atoms with Gasteiger partial charge >= 0.3 is 0 Å². The van der Waals surface area contributed by atoms with Gasteiger partial charge in [-0.05, 0) is 53.5 Å². The van der Waals surface area contributed by atoms with E-state index in [1.807, 2.05) is 35.2 Å². The number of carbonyl (C=O) groups is 2. The van der Waals surface area contributed by atoms with Crippen LogP contribution in [0.25, 0.3) is 0 Å². The van der Waals surface area contributed by atoms with Crippen molar-refractivity contribution in [3.8, 4) is 5.75 Å². The van der Waals surface area contributed by atoms with Crippen LogP contribution in [0.5, 0.6) is 5.75 Å². The molecule has 2 heterocycles. The number of aromatic nitrogens is 1. The summed E-state index contributed by atoms with van der Waals surface area (Å²) in [5.74, 6) is 1.73. The highest BCUT2D eigenvalue weighted by Gasteiger charge is 2.32. The lowest BCUT2D eigenvalue weighted by Gasteiger charge is -2.38. The maximum Gasteiger partial charge on any atom is 0.273 e. The summed E-state index contributed by atoms with van der Waals surface area (Å²) in [7, 11) is 0. The van der Waals surface area contributed by atoms with Crippen LogP contribution in [0.1, 0.15) is 79.6 Å². The molecule has 3 aromatic rings. The third kappa shape index (κ3) is 6.79. The lowest BCUT2D eigenvalue weighted by Crippen LogP contribution is -2.41. The average molecular weight is 504 g/mol. The standard InChI is InChI=1S/C30H37N3O4/c1-20(2)12-14-31-30(35)26-18-37-27(32-26)19-36-24-11-10-22-13-15-33(28(34)16-21(3)4)29(25(22)17-24)23-8-6-5-7-9-23/h5-11,17-18,20-21,29H,12-16,19H2,1-4H3,(H,31,35)/t29-/m0/s1. The molecule has 0 saturated heterocycles. The highest BCUT2D eigenvalue weighted by atomic mass is 16.5. The van der Waals surface area contributed by atoms with Crippen molar-refractivity contribution in [3.63, 3.8) is 0 Å². The zero-order valence-corrected chi connectivity index (χ0v) is 22.2. The van der Waals surface area contributed by atoms with E-state index in [4.69, 9.17) is 9.15 Å². The van der Waals surface area contributed by atoms with Crippen LogP contribution in [0.4, 0.5) is 0 Å². The van der Waals surface area contributed by atoms with E-state index >= 15 is 0 Å². The highest BCUT2D eigenvalue weighted by molar-refractivity contribution is 5.91. The van der Waals surface area contributed by atoms with Crippen LogP contribution in [0.2, 0.25) is 0 Å². The van der Waals surface area contributed by atoms with Gasteiger partial charge in [-0.25, -0.2) is 4.98 Å². The minimum absolute atomic E-state index is 0.101. The molecule has 0 unspecified atom stereocenters. The molecule has 0 aliphatic carbocycles. The first-order valence-electron chi connectivity index (χ1n) is 13.1. The van der Waals surface area contributed by atoms with E-state index in [-0.39, 0.29) is 30.2 Å². The fraction of sp³-hybridized carbons (Fsp3) is 0.433. The van der Waals surface area contributed by atoms with Crippen molar-refractivity contribution in [3.05, 3.63) is 83.1 Å². The van der Waals surface area contributed by atoms with Crippen molar-refractivity contribution < 1.29 is 18.7 Å². The van der Waals surface area contributed by atoms with Crippen molar-refractivity contribution in [2.24, 2.45) is 11.8 Å². The van der Waals surface area contributed by atoms with Gasteiger partial charge < -0.3 is 19.4 Å². The second kappa shape index (κ2) is 12.1. The van der Waals surface area contributed by atoms with Crippen LogP contribution in [-0.4, -0.2) is 34.8 Å². The Balaban J connectivity index is 1.49. The first kappa shape index (κ1) is 26.5. The summed E-state index contributed by atoms with van der Waals surface area (Å²) in [6.07, 6.45) is 3.59. The Hall–Kier alpha value is -3.61. The minimum atomic E-state index is -0.249. The number of hydrogen-bond acceptors (Lipinski definition) is 5. The normalized spacial score (nSPS) is 15.1. The minimum Gasteiger partial charge on any atom is -0.484 e. The lowest BCUT2D eigenvalue weighted by atomic mass is 9.87. The number of oxazole rings is 1. The molecule has 7 nitrogen and oxygen atoms in total. The van der Waals surface area contributed by atoms with Gasteiger partial charge in [0.1, 0.15) is 12.0 Å². The molecule has 4 rings (SSSR count). The Bertz CT molecular complexity index is 1200. The molecular weight excluding hydrogens is 466 g/mol. The molecule has 37 heavy (non-hydrogen) atoms. The zero-order valence-electron chi connectivity index (χ0n) is 22.2. The van der Waals surface area contributed by atoms with Gasteiger partial charge in [0.25, 0.3) is 5.91 Å². The van der Waals surface area contributed by atoms with Crippen LogP contribution in [0.3, 0.4) is 0 Å². The smallest absolute Gasteiger partial charge is 0.273 e. The fourth-order valence-electron chi connectivity index (χ4n) is 4.60. The van der Waals surface area contributed by atoms with Crippen LogP contribution in [0, 0.1) is 11.8 Å². The van der Waals surface area contributed by atoms with Crippen LogP contribution >= 0.6 is 0 Å². The molecule has 7 heteroatoms. The molecule has 0 spiro atoms. The average Bonchev–Trinajstić information content (AvgIpc) is 3.36. The van der Waals surface area contributed by atoms with Gasteiger partial charge in [0, 0.05) is 19.5 Å². The number of amides is 2. The van der Waals surface area contributed by atoms with E-state index < -0.39 is 0 Å². The predicted octanol–water partition coefficient (Wildman–Crippen LogP) is 5.55. The fourth-order valence-corrected chi connectivity index (χ4v) is 4.60. The van der Waals surface area contributed by atoms with Crippen molar-refractivity contribution in [1.82, 2.24) is 15.2 Å². The summed E-state index contributed by atoms with van der Waals surface area (Å²) in [5, 5.41) is 2.86. The summed E-state index contributed by atoms with van der Waals surface area (Å²) in [4.78, 5) is 31.8. The van der Waals surface area contributed by atoms with Gasteiger partial charge in [-0.2, -0.15) is 0 Å². The van der Waals surface area contributed by atoms with E-state index in [2.05, 4.69) is 56.2 Å². The SMILES string of the molecule is CC(C)CCNC(=O)c1coc(COc2ccc3c(c2)[C@H](c2ccccc2)N(C(=O)CC(C)C)CC3)n1. The number of hydrogen-bond donors (Lipinski definition) is 1. The molecule has 196 valence electrons. The van der Waals surface area contributed by atoms with Gasteiger partial charge in [0.05, 0.1) is 6.04 Å². The number of rotatable bonds is 10. The zero-order chi connectivity index (χ0) is 26.4. The quantitative estimate of drug-likeness (QED) is 0.392. The Morgan fingerprint density at radius 1 is 1.11 bits per heavy atom. The van der Waals surface area contributed by atoms with Crippen molar-refractivity contribution in [2.45, 2.75) is 59.6 Å².